The van der Waals surface area contributed by atoms with Crippen LogP contribution in [0.2, 0.25) is 0 Å². The third kappa shape index (κ3) is 0.878. The zero-order chi connectivity index (χ0) is 7.14. The van der Waals surface area contributed by atoms with Crippen molar-refractivity contribution in [3.05, 3.63) is 0 Å². The van der Waals surface area contributed by atoms with Crippen LogP contribution >= 0.6 is 0 Å². The number of hydrogen-bond donors (Lipinski definition) is 0. The predicted octanol–water partition coefficient (Wildman–Crippen LogP) is 2.21. The summed E-state index contributed by atoms with van der Waals surface area (Å²) in [5.41, 5.74) is 0. The lowest BCUT2D eigenvalue weighted by molar-refractivity contribution is 0.0412. The molecule has 0 aromatic rings. The first-order valence-electron chi connectivity index (χ1n) is 4.48. The van der Waals surface area contributed by atoms with E-state index >= 15 is 0 Å². The van der Waals surface area contributed by atoms with Gasteiger partial charge in [0.15, 0.2) is 0 Å². The highest BCUT2D eigenvalue weighted by Gasteiger charge is 2.57. The molecular weight excluding hydrogens is 124 g/mol. The van der Waals surface area contributed by atoms with Crippen molar-refractivity contribution in [1.82, 2.24) is 0 Å². The molecule has 0 radical (unpaired) electrons. The van der Waals surface area contributed by atoms with Crippen LogP contribution in [0.5, 0.6) is 0 Å². The summed E-state index contributed by atoms with van der Waals surface area (Å²) in [4.78, 5) is 0. The van der Waals surface area contributed by atoms with Crippen molar-refractivity contribution in [2.75, 3.05) is 0 Å². The second-order valence-corrected chi connectivity index (χ2v) is 3.72. The molecular formula is C9H16O. The maximum atomic E-state index is 5.80. The largest absolute Gasteiger partial charge is 0.375 e. The molecule has 2 saturated carbocycles. The first-order chi connectivity index (χ1) is 4.83. The Morgan fingerprint density at radius 3 is 2.40 bits per heavy atom. The fourth-order valence-electron chi connectivity index (χ4n) is 1.86. The Kier molecular flexibility index (Phi) is 1.48. The number of hydrogen-bond acceptors (Lipinski definition) is 1. The lowest BCUT2D eigenvalue weighted by Crippen LogP contribution is -2.08. The third-order valence-electron chi connectivity index (χ3n) is 3.05. The summed E-state index contributed by atoms with van der Waals surface area (Å²) in [5.74, 6) is 1.96. The number of ether oxygens (including phenoxy) is 1. The van der Waals surface area contributed by atoms with Crippen molar-refractivity contribution < 1.29 is 4.74 Å². The van der Waals surface area contributed by atoms with Crippen LogP contribution in [0, 0.1) is 11.8 Å². The molecule has 2 aliphatic carbocycles. The molecule has 2 rings (SSSR count). The van der Waals surface area contributed by atoms with E-state index < -0.39 is 0 Å². The monoisotopic (exact) mass is 140 g/mol. The van der Waals surface area contributed by atoms with E-state index in [0.717, 1.165) is 18.3 Å². The quantitative estimate of drug-likeness (QED) is 0.584. The molecule has 2 fully saturated rings. The zero-order valence-electron chi connectivity index (χ0n) is 6.84. The van der Waals surface area contributed by atoms with Crippen LogP contribution in [-0.2, 0) is 4.74 Å². The minimum Gasteiger partial charge on any atom is -0.375 e. The van der Waals surface area contributed by atoms with Crippen molar-refractivity contribution in [2.45, 2.75) is 45.3 Å². The molecule has 1 nitrogen and oxygen atoms in total. The Morgan fingerprint density at radius 2 is 2.00 bits per heavy atom. The molecule has 3 unspecified atom stereocenters. The van der Waals surface area contributed by atoms with Crippen LogP contribution in [-0.4, -0.2) is 12.2 Å². The predicted molar refractivity (Wildman–Crippen MR) is 40.8 cm³/mol. The topological polar surface area (TPSA) is 9.23 Å². The standard InChI is InChI=1S/C9H16O/c1-3-6(2)10-9-7-4-5-8(7)9/h6-9H,3-5H2,1-2H3. The highest BCUT2D eigenvalue weighted by atomic mass is 16.5. The molecule has 3 atom stereocenters. The fraction of sp³-hybridized carbons (Fsp3) is 1.00. The van der Waals surface area contributed by atoms with Crippen molar-refractivity contribution in [3.63, 3.8) is 0 Å². The summed E-state index contributed by atoms with van der Waals surface area (Å²) < 4.78 is 5.80. The molecule has 0 aliphatic heterocycles. The molecule has 1 heteroatoms. The van der Waals surface area contributed by atoms with Crippen LogP contribution in [0.15, 0.2) is 0 Å². The minimum absolute atomic E-state index is 0.496. The number of rotatable bonds is 3. The Labute approximate surface area is 62.8 Å². The van der Waals surface area contributed by atoms with Gasteiger partial charge in [-0.1, -0.05) is 6.92 Å². The van der Waals surface area contributed by atoms with Gasteiger partial charge in [0.25, 0.3) is 0 Å². The van der Waals surface area contributed by atoms with E-state index in [9.17, 15) is 0 Å². The smallest absolute Gasteiger partial charge is 0.0642 e. The normalized spacial score (nSPS) is 45.6. The van der Waals surface area contributed by atoms with Gasteiger partial charge in [-0.05, 0) is 38.0 Å². The van der Waals surface area contributed by atoms with E-state index in [4.69, 9.17) is 4.74 Å². The van der Waals surface area contributed by atoms with Crippen LogP contribution in [0.3, 0.4) is 0 Å². The fourth-order valence-corrected chi connectivity index (χ4v) is 1.86. The highest BCUT2D eigenvalue weighted by Crippen LogP contribution is 2.57. The summed E-state index contributed by atoms with van der Waals surface area (Å²) in [5, 5.41) is 0. The SMILES string of the molecule is CCC(C)OC1C2CCC21. The van der Waals surface area contributed by atoms with Gasteiger partial charge in [0, 0.05) is 0 Å². The van der Waals surface area contributed by atoms with Gasteiger partial charge < -0.3 is 4.74 Å². The Balaban J connectivity index is 1.72. The van der Waals surface area contributed by atoms with Gasteiger partial charge in [0.1, 0.15) is 0 Å². The second-order valence-electron chi connectivity index (χ2n) is 3.72. The zero-order valence-corrected chi connectivity index (χ0v) is 6.84. The van der Waals surface area contributed by atoms with Gasteiger partial charge in [0.2, 0.25) is 0 Å². The van der Waals surface area contributed by atoms with Crippen molar-refractivity contribution in [1.29, 1.82) is 0 Å². The van der Waals surface area contributed by atoms with Crippen molar-refractivity contribution in [3.8, 4) is 0 Å². The second kappa shape index (κ2) is 2.23. The molecule has 0 heterocycles. The average Bonchev–Trinajstić information content (AvgIpc) is 2.31. The summed E-state index contributed by atoms with van der Waals surface area (Å²) in [6.45, 7) is 4.37. The lowest BCUT2D eigenvalue weighted by atomic mass is 10.0. The van der Waals surface area contributed by atoms with Crippen molar-refractivity contribution >= 4 is 0 Å². The van der Waals surface area contributed by atoms with Gasteiger partial charge in [0.05, 0.1) is 12.2 Å². The molecule has 0 spiro atoms. The van der Waals surface area contributed by atoms with Crippen LogP contribution in [0.4, 0.5) is 0 Å². The Hall–Kier alpha value is -0.0400. The van der Waals surface area contributed by atoms with E-state index in [1.807, 2.05) is 0 Å². The molecule has 0 bridgehead atoms. The molecule has 0 aromatic heterocycles. The van der Waals surface area contributed by atoms with E-state index in [1.54, 1.807) is 0 Å². The summed E-state index contributed by atoms with van der Waals surface area (Å²) in [6.07, 6.45) is 5.21. The molecule has 2 aliphatic rings. The molecule has 58 valence electrons. The maximum Gasteiger partial charge on any atom is 0.0642 e. The van der Waals surface area contributed by atoms with E-state index in [-0.39, 0.29) is 0 Å². The highest BCUT2D eigenvalue weighted by molar-refractivity contribution is 5.06. The van der Waals surface area contributed by atoms with Gasteiger partial charge in [-0.3, -0.25) is 0 Å². The molecule has 0 saturated heterocycles. The van der Waals surface area contributed by atoms with Crippen LogP contribution in [0.25, 0.3) is 0 Å². The molecule has 10 heavy (non-hydrogen) atoms. The Morgan fingerprint density at radius 1 is 1.40 bits per heavy atom. The van der Waals surface area contributed by atoms with Gasteiger partial charge in [-0.15, -0.1) is 0 Å². The molecule has 0 N–H and O–H groups in total. The minimum atomic E-state index is 0.496. The van der Waals surface area contributed by atoms with Crippen molar-refractivity contribution in [2.24, 2.45) is 11.8 Å². The first-order valence-corrected chi connectivity index (χ1v) is 4.48. The summed E-state index contributed by atoms with van der Waals surface area (Å²) >= 11 is 0. The first kappa shape index (κ1) is 6.66. The van der Waals surface area contributed by atoms with Gasteiger partial charge in [-0.2, -0.15) is 0 Å². The van der Waals surface area contributed by atoms with Gasteiger partial charge in [-0.25, -0.2) is 0 Å². The summed E-state index contributed by atoms with van der Waals surface area (Å²) in [7, 11) is 0. The van der Waals surface area contributed by atoms with E-state index in [1.165, 1.54) is 12.8 Å². The third-order valence-corrected chi connectivity index (χ3v) is 3.05. The molecule has 0 aromatic carbocycles. The number of fused-ring (bicyclic) bond motifs is 1. The van der Waals surface area contributed by atoms with E-state index in [2.05, 4.69) is 13.8 Å². The molecule has 0 amide bonds. The van der Waals surface area contributed by atoms with Crippen LogP contribution < -0.4 is 0 Å². The van der Waals surface area contributed by atoms with Gasteiger partial charge >= 0.3 is 0 Å². The Bertz CT molecular complexity index is 123. The lowest BCUT2D eigenvalue weighted by Gasteiger charge is -2.08. The average molecular weight is 140 g/mol. The van der Waals surface area contributed by atoms with E-state index in [0.29, 0.717) is 12.2 Å². The van der Waals surface area contributed by atoms with Crippen LogP contribution in [0.1, 0.15) is 33.1 Å². The maximum absolute atomic E-state index is 5.80. The summed E-state index contributed by atoms with van der Waals surface area (Å²) in [6, 6.07) is 0.